The third-order valence-electron chi connectivity index (χ3n) is 6.77. The Morgan fingerprint density at radius 1 is 0.906 bits per heavy atom. The van der Waals surface area contributed by atoms with Crippen molar-refractivity contribution in [3.8, 4) is 0 Å². The van der Waals surface area contributed by atoms with E-state index < -0.39 is 0 Å². The number of benzene rings is 2. The monoisotopic (exact) mass is 427 g/mol. The zero-order valence-corrected chi connectivity index (χ0v) is 18.4. The van der Waals surface area contributed by atoms with Crippen molar-refractivity contribution in [2.75, 3.05) is 31.2 Å². The van der Waals surface area contributed by atoms with Gasteiger partial charge in [0.15, 0.2) is 0 Å². The normalized spacial score (nSPS) is 21.3. The van der Waals surface area contributed by atoms with Crippen LogP contribution in [0.25, 0.3) is 11.0 Å². The van der Waals surface area contributed by atoms with Crippen LogP contribution in [-0.4, -0.2) is 47.0 Å². The van der Waals surface area contributed by atoms with E-state index in [9.17, 15) is 0 Å². The highest BCUT2D eigenvalue weighted by Gasteiger charge is 2.32. The molecule has 0 amide bonds. The van der Waals surface area contributed by atoms with Gasteiger partial charge in [0.2, 0.25) is 12.2 Å². The van der Waals surface area contributed by atoms with Crippen molar-refractivity contribution in [1.82, 2.24) is 14.5 Å². The summed E-state index contributed by atoms with van der Waals surface area (Å²) in [5, 5.41) is 0. The van der Waals surface area contributed by atoms with Crippen molar-refractivity contribution in [3.63, 3.8) is 0 Å². The Kier molecular flexibility index (Phi) is 5.15. The summed E-state index contributed by atoms with van der Waals surface area (Å²) in [5.41, 5.74) is 6.32. The lowest BCUT2D eigenvalue weighted by molar-refractivity contribution is 0.120. The second-order valence-corrected chi connectivity index (χ2v) is 8.79. The molecule has 0 N–H and O–H groups in total. The molecule has 1 aromatic heterocycles. The van der Waals surface area contributed by atoms with Crippen LogP contribution in [-0.2, 0) is 11.3 Å². The van der Waals surface area contributed by atoms with Crippen molar-refractivity contribution < 1.29 is 4.74 Å². The van der Waals surface area contributed by atoms with Gasteiger partial charge in [-0.15, -0.1) is 0 Å². The van der Waals surface area contributed by atoms with Crippen molar-refractivity contribution in [2.45, 2.75) is 38.5 Å². The number of rotatable bonds is 4. The summed E-state index contributed by atoms with van der Waals surface area (Å²) in [6, 6.07) is 19.2. The number of ether oxygens (including phenoxy) is 1. The highest BCUT2D eigenvalue weighted by molar-refractivity contribution is 5.82. The van der Waals surface area contributed by atoms with E-state index in [1.54, 1.807) is 0 Å². The van der Waals surface area contributed by atoms with Gasteiger partial charge in [0, 0.05) is 31.5 Å². The Morgan fingerprint density at radius 2 is 1.69 bits per heavy atom. The number of morpholine rings is 1. The fraction of sp³-hybridized carbons (Fsp3) is 0.385. The average molecular weight is 428 g/mol. The molecule has 0 radical (unpaired) electrons. The minimum atomic E-state index is -0.141. The van der Waals surface area contributed by atoms with Crippen LogP contribution in [0.1, 0.15) is 37.5 Å². The summed E-state index contributed by atoms with van der Waals surface area (Å²) in [5.74, 6) is 0.995. The van der Waals surface area contributed by atoms with Crippen LogP contribution in [0.4, 0.5) is 5.95 Å². The van der Waals surface area contributed by atoms with E-state index in [0.29, 0.717) is 0 Å². The zero-order chi connectivity index (χ0) is 21.3. The minimum absolute atomic E-state index is 0.141. The first kappa shape index (κ1) is 19.6. The molecule has 2 aliphatic heterocycles. The van der Waals surface area contributed by atoms with E-state index in [4.69, 9.17) is 14.7 Å². The summed E-state index contributed by atoms with van der Waals surface area (Å²) in [6.07, 6.45) is 6.73. The first-order valence-electron chi connectivity index (χ1n) is 11.7. The second-order valence-electron chi connectivity index (χ2n) is 8.79. The molecule has 3 heterocycles. The highest BCUT2D eigenvalue weighted by Crippen LogP contribution is 2.39. The molecule has 0 bridgehead atoms. The summed E-state index contributed by atoms with van der Waals surface area (Å²) in [6.45, 7) is 4.02. The molecule has 6 heteroatoms. The predicted octanol–water partition coefficient (Wildman–Crippen LogP) is 4.74. The summed E-state index contributed by atoms with van der Waals surface area (Å²) in [7, 11) is 0. The highest BCUT2D eigenvalue weighted by atomic mass is 16.5. The number of anilines is 1. The molecule has 1 saturated heterocycles. The van der Waals surface area contributed by atoms with E-state index in [1.165, 1.54) is 29.7 Å². The third kappa shape index (κ3) is 3.48. The van der Waals surface area contributed by atoms with Gasteiger partial charge in [-0.2, -0.15) is 0 Å². The number of para-hydroxylation sites is 2. The number of nitrogens with zero attached hydrogens (tertiary/aromatic N) is 5. The first-order valence-corrected chi connectivity index (χ1v) is 11.7. The summed E-state index contributed by atoms with van der Waals surface area (Å²) in [4.78, 5) is 15.1. The Balaban J connectivity index is 1.48. The number of hydrogen-bond acceptors (Lipinski definition) is 5. The lowest BCUT2D eigenvalue weighted by atomic mass is 9.94. The van der Waals surface area contributed by atoms with Crippen LogP contribution < -0.4 is 4.90 Å². The van der Waals surface area contributed by atoms with Gasteiger partial charge in [0.25, 0.3) is 0 Å². The fourth-order valence-electron chi connectivity index (χ4n) is 5.17. The number of imidazole rings is 1. The molecule has 164 valence electrons. The fourth-order valence-corrected chi connectivity index (χ4v) is 5.17. The van der Waals surface area contributed by atoms with E-state index in [2.05, 4.69) is 75.2 Å². The van der Waals surface area contributed by atoms with E-state index in [1.807, 2.05) is 0 Å². The van der Waals surface area contributed by atoms with Gasteiger partial charge in [-0.25, -0.2) is 9.98 Å². The molecule has 3 aromatic rings. The predicted molar refractivity (Wildman–Crippen MR) is 128 cm³/mol. The second kappa shape index (κ2) is 8.43. The number of aromatic nitrogens is 2. The molecule has 0 saturated carbocycles. The van der Waals surface area contributed by atoms with E-state index in [0.717, 1.165) is 62.7 Å². The molecule has 6 nitrogen and oxygen atoms in total. The molecule has 6 rings (SSSR count). The van der Waals surface area contributed by atoms with Gasteiger partial charge < -0.3 is 14.5 Å². The number of allylic oxidation sites excluding steroid dienone is 2. The lowest BCUT2D eigenvalue weighted by Gasteiger charge is -2.41. The summed E-state index contributed by atoms with van der Waals surface area (Å²) < 4.78 is 7.97. The Hall–Kier alpha value is -3.12. The van der Waals surface area contributed by atoms with Gasteiger partial charge in [0.05, 0.1) is 24.2 Å². The third-order valence-corrected chi connectivity index (χ3v) is 6.77. The largest absolute Gasteiger partial charge is 0.378 e. The quantitative estimate of drug-likeness (QED) is 0.603. The number of hydrogen-bond donors (Lipinski definition) is 0. The van der Waals surface area contributed by atoms with E-state index >= 15 is 0 Å². The maximum absolute atomic E-state index is 5.63. The Morgan fingerprint density at radius 3 is 2.56 bits per heavy atom. The first-order chi connectivity index (χ1) is 15.9. The Labute approximate surface area is 188 Å². The van der Waals surface area contributed by atoms with Crippen molar-refractivity contribution >= 4 is 23.2 Å². The summed E-state index contributed by atoms with van der Waals surface area (Å²) >= 11 is 0. The van der Waals surface area contributed by atoms with Gasteiger partial charge in [-0.3, -0.25) is 4.57 Å². The number of fused-ring (bicyclic) bond motifs is 1. The molecule has 3 aliphatic rings. The SMILES string of the molecule is C1=NC(n2c(N3CCOCC3)nc3ccccc32)N(Cc2ccccc2)C2=C1CCCC2. The van der Waals surface area contributed by atoms with Crippen molar-refractivity contribution in [2.24, 2.45) is 4.99 Å². The van der Waals surface area contributed by atoms with Crippen LogP contribution in [0.3, 0.4) is 0 Å². The molecule has 0 spiro atoms. The molecule has 1 fully saturated rings. The maximum Gasteiger partial charge on any atom is 0.209 e. The van der Waals surface area contributed by atoms with Crippen LogP contribution in [0.2, 0.25) is 0 Å². The minimum Gasteiger partial charge on any atom is -0.378 e. The molecule has 1 atom stereocenters. The van der Waals surface area contributed by atoms with Crippen LogP contribution >= 0.6 is 0 Å². The average Bonchev–Trinajstić information content (AvgIpc) is 3.25. The van der Waals surface area contributed by atoms with E-state index in [-0.39, 0.29) is 6.29 Å². The maximum atomic E-state index is 5.63. The lowest BCUT2D eigenvalue weighted by Crippen LogP contribution is -2.41. The Bertz CT molecular complexity index is 1160. The molecule has 1 aliphatic carbocycles. The zero-order valence-electron chi connectivity index (χ0n) is 18.4. The molecular weight excluding hydrogens is 398 g/mol. The van der Waals surface area contributed by atoms with Crippen LogP contribution in [0.15, 0.2) is 70.9 Å². The van der Waals surface area contributed by atoms with Crippen LogP contribution in [0, 0.1) is 0 Å². The molecule has 1 unspecified atom stereocenters. The van der Waals surface area contributed by atoms with Gasteiger partial charge in [-0.05, 0) is 49.0 Å². The molecule has 32 heavy (non-hydrogen) atoms. The van der Waals surface area contributed by atoms with Crippen molar-refractivity contribution in [1.29, 1.82) is 0 Å². The van der Waals surface area contributed by atoms with Gasteiger partial charge >= 0.3 is 0 Å². The number of aliphatic imine (C=N–C) groups is 1. The van der Waals surface area contributed by atoms with Gasteiger partial charge in [0.1, 0.15) is 0 Å². The smallest absolute Gasteiger partial charge is 0.209 e. The standard InChI is InChI=1S/C26H29N5O/c1-2-8-20(9-3-1)19-30-23-12-6-4-10-21(23)18-27-25(30)31-24-13-7-5-11-22(24)28-26(31)29-14-16-32-17-15-29/h1-3,5,7-9,11,13,18,25H,4,6,10,12,14-17,19H2. The van der Waals surface area contributed by atoms with Crippen molar-refractivity contribution in [3.05, 3.63) is 71.4 Å². The molecule has 2 aromatic carbocycles. The van der Waals surface area contributed by atoms with Gasteiger partial charge in [-0.1, -0.05) is 42.5 Å². The topological polar surface area (TPSA) is 45.9 Å². The van der Waals surface area contributed by atoms with Crippen LogP contribution in [0.5, 0.6) is 0 Å². The molecular formula is C26H29N5O.